The highest BCUT2D eigenvalue weighted by molar-refractivity contribution is 5.97. The fourth-order valence-electron chi connectivity index (χ4n) is 1.30. The zero-order valence-corrected chi connectivity index (χ0v) is 11.0. The van der Waals surface area contributed by atoms with E-state index in [2.05, 4.69) is 4.99 Å². The van der Waals surface area contributed by atoms with Crippen molar-refractivity contribution in [1.29, 1.82) is 0 Å². The maximum Gasteiger partial charge on any atom is 0.223 e. The van der Waals surface area contributed by atoms with E-state index in [9.17, 15) is 4.79 Å². The van der Waals surface area contributed by atoms with Crippen LogP contribution in [0.2, 0.25) is 0 Å². The molecule has 0 bridgehead atoms. The van der Waals surface area contributed by atoms with Crippen molar-refractivity contribution in [3.8, 4) is 5.75 Å². The second kappa shape index (κ2) is 7.38. The zero-order valence-electron chi connectivity index (χ0n) is 11.0. The van der Waals surface area contributed by atoms with Gasteiger partial charge in [0.25, 0.3) is 0 Å². The maximum atomic E-state index is 10.9. The van der Waals surface area contributed by atoms with E-state index >= 15 is 0 Å². The van der Waals surface area contributed by atoms with E-state index in [1.807, 2.05) is 0 Å². The summed E-state index contributed by atoms with van der Waals surface area (Å²) in [6.45, 7) is 2.94. The largest absolute Gasteiger partial charge is 0.493 e. The van der Waals surface area contributed by atoms with Gasteiger partial charge in [0.2, 0.25) is 5.91 Å². The quantitative estimate of drug-likeness (QED) is 0.469. The molecule has 1 aromatic rings. The second-order valence-corrected chi connectivity index (χ2v) is 4.19. The van der Waals surface area contributed by atoms with E-state index in [0.717, 1.165) is 5.56 Å². The van der Waals surface area contributed by atoms with Crippen LogP contribution < -0.4 is 21.9 Å². The lowest BCUT2D eigenvalue weighted by Crippen LogP contribution is -2.25. The molecule has 6 N–H and O–H groups in total. The van der Waals surface area contributed by atoms with Crippen LogP contribution in [-0.2, 0) is 4.79 Å². The minimum absolute atomic E-state index is 0.255. The van der Waals surface area contributed by atoms with E-state index in [1.165, 1.54) is 0 Å². The number of carbonyl (C=O) groups excluding carboxylic acids is 1. The van der Waals surface area contributed by atoms with Gasteiger partial charge in [0.15, 0.2) is 0 Å². The monoisotopic (exact) mass is 264 g/mol. The van der Waals surface area contributed by atoms with Gasteiger partial charge in [-0.3, -0.25) is 9.79 Å². The number of amides is 1. The van der Waals surface area contributed by atoms with Crippen molar-refractivity contribution in [2.24, 2.45) is 28.1 Å². The van der Waals surface area contributed by atoms with Gasteiger partial charge in [-0.25, -0.2) is 0 Å². The van der Waals surface area contributed by atoms with Crippen LogP contribution in [0, 0.1) is 5.92 Å². The Labute approximate surface area is 112 Å². The standard InChI is InChI=1S/C13H20N4O2/c1-9(13(16)18)8-19-11-4-2-10(3-5-11)12(15)17-7-6-14/h2-5,9H,6-8,14H2,1H3,(H2,15,17)(H2,16,18)/t9-/m0/s1. The van der Waals surface area contributed by atoms with E-state index in [4.69, 9.17) is 21.9 Å². The van der Waals surface area contributed by atoms with Gasteiger partial charge in [-0.2, -0.15) is 0 Å². The third-order valence-electron chi connectivity index (χ3n) is 2.55. The highest BCUT2D eigenvalue weighted by Crippen LogP contribution is 2.13. The minimum atomic E-state index is -0.380. The summed E-state index contributed by atoms with van der Waals surface area (Å²) in [7, 11) is 0. The Hall–Kier alpha value is -2.08. The topological polar surface area (TPSA) is 117 Å². The van der Waals surface area contributed by atoms with E-state index < -0.39 is 0 Å². The third-order valence-corrected chi connectivity index (χ3v) is 2.55. The van der Waals surface area contributed by atoms with E-state index in [0.29, 0.717) is 24.7 Å². The van der Waals surface area contributed by atoms with Crippen LogP contribution in [-0.4, -0.2) is 31.4 Å². The highest BCUT2D eigenvalue weighted by Gasteiger charge is 2.09. The van der Waals surface area contributed by atoms with Crippen LogP contribution >= 0.6 is 0 Å². The zero-order chi connectivity index (χ0) is 14.3. The molecule has 0 aliphatic rings. The number of hydrogen-bond donors (Lipinski definition) is 3. The lowest BCUT2D eigenvalue weighted by molar-refractivity contribution is -0.122. The maximum absolute atomic E-state index is 10.9. The molecule has 0 aliphatic carbocycles. The first-order chi connectivity index (χ1) is 9.04. The van der Waals surface area contributed by atoms with Crippen molar-refractivity contribution in [2.75, 3.05) is 19.7 Å². The number of ether oxygens (including phenoxy) is 1. The van der Waals surface area contributed by atoms with Crippen LogP contribution in [0.4, 0.5) is 0 Å². The number of primary amides is 1. The van der Waals surface area contributed by atoms with Crippen LogP contribution in [0.5, 0.6) is 5.75 Å². The summed E-state index contributed by atoms with van der Waals surface area (Å²) in [6, 6.07) is 7.15. The summed E-state index contributed by atoms with van der Waals surface area (Å²) in [4.78, 5) is 15.0. The average molecular weight is 264 g/mol. The second-order valence-electron chi connectivity index (χ2n) is 4.19. The Bertz CT molecular complexity index is 442. The Balaban J connectivity index is 2.59. The molecule has 1 aromatic carbocycles. The SMILES string of the molecule is C[C@@H](COc1ccc(C(N)=NCCN)cc1)C(N)=O. The number of carbonyl (C=O) groups is 1. The summed E-state index contributed by atoms with van der Waals surface area (Å²) in [5, 5.41) is 0. The van der Waals surface area contributed by atoms with Gasteiger partial charge in [0.1, 0.15) is 11.6 Å². The number of rotatable bonds is 7. The molecule has 0 aromatic heterocycles. The van der Waals surface area contributed by atoms with Gasteiger partial charge in [-0.1, -0.05) is 6.92 Å². The molecule has 0 heterocycles. The third kappa shape index (κ3) is 4.97. The van der Waals surface area contributed by atoms with Crippen molar-refractivity contribution in [3.05, 3.63) is 29.8 Å². The molecule has 0 unspecified atom stereocenters. The molecule has 0 fully saturated rings. The van der Waals surface area contributed by atoms with Crippen molar-refractivity contribution in [1.82, 2.24) is 0 Å². The molecule has 0 spiro atoms. The molecule has 1 rings (SSSR count). The molecule has 0 radical (unpaired) electrons. The fraction of sp³-hybridized carbons (Fsp3) is 0.385. The molecule has 1 atom stereocenters. The molecule has 0 aliphatic heterocycles. The number of nitrogens with two attached hydrogens (primary N) is 3. The smallest absolute Gasteiger partial charge is 0.223 e. The van der Waals surface area contributed by atoms with Gasteiger partial charge in [0.05, 0.1) is 19.1 Å². The Morgan fingerprint density at radius 1 is 1.32 bits per heavy atom. The van der Waals surface area contributed by atoms with Crippen LogP contribution in [0.25, 0.3) is 0 Å². The molecule has 104 valence electrons. The number of nitrogens with zero attached hydrogens (tertiary/aromatic N) is 1. The molecule has 0 saturated heterocycles. The number of aliphatic imine (C=N–C) groups is 1. The van der Waals surface area contributed by atoms with E-state index in [-0.39, 0.29) is 18.4 Å². The minimum Gasteiger partial charge on any atom is -0.493 e. The Morgan fingerprint density at radius 3 is 2.47 bits per heavy atom. The lowest BCUT2D eigenvalue weighted by atomic mass is 10.2. The van der Waals surface area contributed by atoms with Crippen molar-refractivity contribution in [2.45, 2.75) is 6.92 Å². The van der Waals surface area contributed by atoms with Gasteiger partial charge >= 0.3 is 0 Å². The summed E-state index contributed by atoms with van der Waals surface area (Å²) in [5.74, 6) is 0.400. The Kier molecular flexibility index (Phi) is 5.81. The van der Waals surface area contributed by atoms with Crippen LogP contribution in [0.1, 0.15) is 12.5 Å². The molecule has 0 saturated carbocycles. The highest BCUT2D eigenvalue weighted by atomic mass is 16.5. The number of amidine groups is 1. The molecule has 1 amide bonds. The fourth-order valence-corrected chi connectivity index (χ4v) is 1.30. The van der Waals surface area contributed by atoms with Crippen molar-refractivity contribution >= 4 is 11.7 Å². The first kappa shape index (κ1) is 15.0. The van der Waals surface area contributed by atoms with Crippen molar-refractivity contribution in [3.63, 3.8) is 0 Å². The van der Waals surface area contributed by atoms with Gasteiger partial charge < -0.3 is 21.9 Å². The van der Waals surface area contributed by atoms with Crippen molar-refractivity contribution < 1.29 is 9.53 Å². The van der Waals surface area contributed by atoms with Gasteiger partial charge in [-0.15, -0.1) is 0 Å². The summed E-state index contributed by atoms with van der Waals surface area (Å²) >= 11 is 0. The number of hydrogen-bond acceptors (Lipinski definition) is 4. The summed E-state index contributed by atoms with van der Waals surface area (Å²) < 4.78 is 5.44. The summed E-state index contributed by atoms with van der Waals surface area (Å²) in [5.41, 5.74) is 17.1. The molecular formula is C13H20N4O2. The Morgan fingerprint density at radius 2 is 1.95 bits per heavy atom. The average Bonchev–Trinajstić information content (AvgIpc) is 2.42. The predicted molar refractivity (Wildman–Crippen MR) is 74.9 cm³/mol. The molecule has 6 nitrogen and oxygen atoms in total. The van der Waals surface area contributed by atoms with Crippen LogP contribution in [0.3, 0.4) is 0 Å². The van der Waals surface area contributed by atoms with Crippen LogP contribution in [0.15, 0.2) is 29.3 Å². The first-order valence-corrected chi connectivity index (χ1v) is 6.07. The van der Waals surface area contributed by atoms with Gasteiger partial charge in [0, 0.05) is 12.1 Å². The molecular weight excluding hydrogens is 244 g/mol. The normalized spacial score (nSPS) is 13.1. The first-order valence-electron chi connectivity index (χ1n) is 6.07. The number of benzene rings is 1. The summed E-state index contributed by atoms with van der Waals surface area (Å²) in [6.07, 6.45) is 0. The predicted octanol–water partition coefficient (Wildman–Crippen LogP) is -0.149. The van der Waals surface area contributed by atoms with E-state index in [1.54, 1.807) is 31.2 Å². The molecule has 19 heavy (non-hydrogen) atoms. The van der Waals surface area contributed by atoms with Gasteiger partial charge in [-0.05, 0) is 24.3 Å². The molecule has 6 heteroatoms. The lowest BCUT2D eigenvalue weighted by Gasteiger charge is -2.10.